The third kappa shape index (κ3) is 3.67. The van der Waals surface area contributed by atoms with Crippen molar-refractivity contribution in [1.82, 2.24) is 10.2 Å². The van der Waals surface area contributed by atoms with Crippen LogP contribution in [0.4, 0.5) is 5.69 Å². The highest BCUT2D eigenvalue weighted by molar-refractivity contribution is 8.00. The van der Waals surface area contributed by atoms with E-state index in [9.17, 15) is 9.59 Å². The van der Waals surface area contributed by atoms with Gasteiger partial charge in [0.15, 0.2) is 0 Å². The molecule has 140 valence electrons. The Hall–Kier alpha value is -2.47. The number of para-hydroxylation sites is 1. The van der Waals surface area contributed by atoms with E-state index >= 15 is 0 Å². The monoisotopic (exact) mass is 381 g/mol. The van der Waals surface area contributed by atoms with Crippen molar-refractivity contribution in [3.8, 4) is 0 Å². The number of anilines is 1. The van der Waals surface area contributed by atoms with Crippen LogP contribution in [0.1, 0.15) is 28.8 Å². The zero-order chi connectivity index (χ0) is 18.9. The minimum atomic E-state index is -0.459. The first-order chi connectivity index (χ1) is 13.1. The molecule has 2 aromatic rings. The highest BCUT2D eigenvalue weighted by Crippen LogP contribution is 2.33. The van der Waals surface area contributed by atoms with Gasteiger partial charge in [-0.15, -0.1) is 11.8 Å². The second-order valence-electron chi connectivity index (χ2n) is 7.14. The summed E-state index contributed by atoms with van der Waals surface area (Å²) in [5, 5.41) is 6.69. The van der Waals surface area contributed by atoms with E-state index in [0.717, 1.165) is 16.1 Å². The minimum absolute atomic E-state index is 0.0353. The molecule has 0 aromatic heterocycles. The molecule has 0 unspecified atom stereocenters. The molecule has 2 aliphatic rings. The van der Waals surface area contributed by atoms with Crippen LogP contribution in [0.2, 0.25) is 0 Å². The Morgan fingerprint density at radius 3 is 2.56 bits per heavy atom. The molecule has 6 heteroatoms. The maximum Gasteiger partial charge on any atom is 0.255 e. The van der Waals surface area contributed by atoms with Gasteiger partial charge in [-0.05, 0) is 30.7 Å². The summed E-state index contributed by atoms with van der Waals surface area (Å²) in [6.45, 7) is 3.29. The van der Waals surface area contributed by atoms with Gasteiger partial charge in [-0.2, -0.15) is 0 Å². The standard InChI is InChI=1S/C21H23N3O2S/c1-15-6-5-9-17-19(15)22-21(23-20(17)26)10-12-24(13-11-21)18(25)14-27-16-7-3-2-4-8-16/h2-9,22H,10-14H2,1H3,(H,23,26). The minimum Gasteiger partial charge on any atom is -0.362 e. The summed E-state index contributed by atoms with van der Waals surface area (Å²) >= 11 is 1.57. The maximum absolute atomic E-state index is 12.6. The van der Waals surface area contributed by atoms with Crippen LogP contribution in [0.5, 0.6) is 0 Å². The molecule has 0 saturated carbocycles. The summed E-state index contributed by atoms with van der Waals surface area (Å²) in [6.07, 6.45) is 1.41. The predicted molar refractivity (Wildman–Crippen MR) is 108 cm³/mol. The first-order valence-corrected chi connectivity index (χ1v) is 10.2. The van der Waals surface area contributed by atoms with Crippen LogP contribution in [-0.2, 0) is 4.79 Å². The van der Waals surface area contributed by atoms with Crippen molar-refractivity contribution in [3.05, 3.63) is 59.7 Å². The summed E-state index contributed by atoms with van der Waals surface area (Å²) in [6, 6.07) is 15.7. The molecule has 5 nitrogen and oxygen atoms in total. The summed E-state index contributed by atoms with van der Waals surface area (Å²) < 4.78 is 0. The van der Waals surface area contributed by atoms with Gasteiger partial charge >= 0.3 is 0 Å². The number of likely N-dealkylation sites (tertiary alicyclic amines) is 1. The van der Waals surface area contributed by atoms with Crippen molar-refractivity contribution < 1.29 is 9.59 Å². The lowest BCUT2D eigenvalue weighted by molar-refractivity contribution is -0.129. The second kappa shape index (κ2) is 7.27. The molecule has 2 aliphatic heterocycles. The molecule has 1 spiro atoms. The fraction of sp³-hybridized carbons (Fsp3) is 0.333. The van der Waals surface area contributed by atoms with Crippen LogP contribution in [0.3, 0.4) is 0 Å². The van der Waals surface area contributed by atoms with Crippen molar-refractivity contribution >= 4 is 29.3 Å². The van der Waals surface area contributed by atoms with Gasteiger partial charge in [0, 0.05) is 30.8 Å². The molecule has 0 atom stereocenters. The number of aryl methyl sites for hydroxylation is 1. The third-order valence-corrected chi connectivity index (χ3v) is 6.31. The van der Waals surface area contributed by atoms with Crippen LogP contribution in [0.25, 0.3) is 0 Å². The summed E-state index contributed by atoms with van der Waals surface area (Å²) in [5.74, 6) is 0.558. The SMILES string of the molecule is Cc1cccc2c1NC1(CCN(C(=O)CSc3ccccc3)CC1)NC2=O. The Morgan fingerprint density at radius 1 is 1.07 bits per heavy atom. The average Bonchev–Trinajstić information content (AvgIpc) is 2.68. The lowest BCUT2D eigenvalue weighted by Gasteiger charge is -2.46. The third-order valence-electron chi connectivity index (χ3n) is 5.31. The van der Waals surface area contributed by atoms with Gasteiger partial charge in [0.25, 0.3) is 5.91 Å². The number of rotatable bonds is 3. The van der Waals surface area contributed by atoms with Gasteiger partial charge in [0.1, 0.15) is 5.66 Å². The number of carbonyl (C=O) groups is 2. The zero-order valence-electron chi connectivity index (χ0n) is 15.3. The molecule has 2 heterocycles. The number of nitrogens with zero attached hydrogens (tertiary/aromatic N) is 1. The molecular weight excluding hydrogens is 358 g/mol. The Labute approximate surface area is 163 Å². The first kappa shape index (κ1) is 17.9. The zero-order valence-corrected chi connectivity index (χ0v) is 16.1. The van der Waals surface area contributed by atoms with Crippen molar-refractivity contribution in [2.45, 2.75) is 30.3 Å². The molecule has 27 heavy (non-hydrogen) atoms. The first-order valence-electron chi connectivity index (χ1n) is 9.22. The van der Waals surface area contributed by atoms with Crippen molar-refractivity contribution in [2.24, 2.45) is 0 Å². The molecule has 2 amide bonds. The number of amides is 2. The van der Waals surface area contributed by atoms with Crippen molar-refractivity contribution in [2.75, 3.05) is 24.2 Å². The topological polar surface area (TPSA) is 61.4 Å². The second-order valence-corrected chi connectivity index (χ2v) is 8.19. The predicted octanol–water partition coefficient (Wildman–Crippen LogP) is 3.26. The molecule has 2 N–H and O–H groups in total. The Balaban J connectivity index is 1.38. The van der Waals surface area contributed by atoms with Gasteiger partial charge in [-0.3, -0.25) is 9.59 Å². The van der Waals surface area contributed by atoms with Crippen LogP contribution in [0, 0.1) is 6.92 Å². The number of thioether (sulfide) groups is 1. The summed E-state index contributed by atoms with van der Waals surface area (Å²) in [4.78, 5) is 28.1. The Morgan fingerprint density at radius 2 is 1.81 bits per heavy atom. The quantitative estimate of drug-likeness (QED) is 0.801. The number of benzene rings is 2. The van der Waals surface area contributed by atoms with E-state index in [1.54, 1.807) is 11.8 Å². The van der Waals surface area contributed by atoms with E-state index in [0.29, 0.717) is 37.2 Å². The van der Waals surface area contributed by atoms with Crippen LogP contribution >= 0.6 is 11.8 Å². The van der Waals surface area contributed by atoms with E-state index in [1.165, 1.54) is 0 Å². The fourth-order valence-corrected chi connectivity index (χ4v) is 4.54. The highest BCUT2D eigenvalue weighted by atomic mass is 32.2. The molecule has 1 fully saturated rings. The Bertz CT molecular complexity index is 861. The number of hydrogen-bond donors (Lipinski definition) is 2. The van der Waals surface area contributed by atoms with Gasteiger partial charge in [0.2, 0.25) is 5.91 Å². The Kier molecular flexibility index (Phi) is 4.83. The van der Waals surface area contributed by atoms with Gasteiger partial charge < -0.3 is 15.5 Å². The molecule has 4 rings (SSSR count). The van der Waals surface area contributed by atoms with E-state index in [2.05, 4.69) is 10.6 Å². The molecule has 0 bridgehead atoms. The lowest BCUT2D eigenvalue weighted by Crippen LogP contribution is -2.63. The fourth-order valence-electron chi connectivity index (χ4n) is 3.72. The number of hydrogen-bond acceptors (Lipinski definition) is 4. The summed E-state index contributed by atoms with van der Waals surface area (Å²) in [5.41, 5.74) is 2.22. The summed E-state index contributed by atoms with van der Waals surface area (Å²) in [7, 11) is 0. The highest BCUT2D eigenvalue weighted by Gasteiger charge is 2.41. The number of nitrogens with one attached hydrogen (secondary N) is 2. The normalized spacial score (nSPS) is 17.8. The molecule has 0 radical (unpaired) electrons. The number of carbonyl (C=O) groups excluding carboxylic acids is 2. The molecule has 2 aromatic carbocycles. The number of piperidine rings is 1. The van der Waals surface area contributed by atoms with Crippen LogP contribution in [-0.4, -0.2) is 41.2 Å². The van der Waals surface area contributed by atoms with Gasteiger partial charge in [0.05, 0.1) is 17.0 Å². The van der Waals surface area contributed by atoms with E-state index < -0.39 is 5.66 Å². The molecular formula is C21H23N3O2S. The molecule has 0 aliphatic carbocycles. The van der Waals surface area contributed by atoms with E-state index in [-0.39, 0.29) is 11.8 Å². The van der Waals surface area contributed by atoms with Crippen LogP contribution < -0.4 is 10.6 Å². The maximum atomic E-state index is 12.6. The van der Waals surface area contributed by atoms with Gasteiger partial charge in [-0.25, -0.2) is 0 Å². The smallest absolute Gasteiger partial charge is 0.255 e. The molecule has 1 saturated heterocycles. The van der Waals surface area contributed by atoms with E-state index in [4.69, 9.17) is 0 Å². The van der Waals surface area contributed by atoms with Crippen molar-refractivity contribution in [1.29, 1.82) is 0 Å². The van der Waals surface area contributed by atoms with E-state index in [1.807, 2.05) is 60.4 Å². The average molecular weight is 382 g/mol. The van der Waals surface area contributed by atoms with Crippen LogP contribution in [0.15, 0.2) is 53.4 Å². The van der Waals surface area contributed by atoms with Gasteiger partial charge in [-0.1, -0.05) is 30.3 Å². The largest absolute Gasteiger partial charge is 0.362 e. The van der Waals surface area contributed by atoms with Crippen molar-refractivity contribution in [3.63, 3.8) is 0 Å². The lowest BCUT2D eigenvalue weighted by atomic mass is 9.91. The number of fused-ring (bicyclic) bond motifs is 1.